The first-order valence-electron chi connectivity index (χ1n) is 19.5. The Morgan fingerprint density at radius 3 is 1.45 bits per heavy atom. The lowest BCUT2D eigenvalue weighted by Gasteiger charge is -2.19. The Hall–Kier alpha value is -2.47. The van der Waals surface area contributed by atoms with Gasteiger partial charge in [0, 0.05) is 36.5 Å². The number of hydrogen-bond acceptors (Lipinski definition) is 4. The molecule has 0 heterocycles. The van der Waals surface area contributed by atoms with Crippen LogP contribution in [0.5, 0.6) is 5.75 Å². The summed E-state index contributed by atoms with van der Waals surface area (Å²) in [6.07, 6.45) is 21.4. The first kappa shape index (κ1) is 41.3. The molecule has 0 radical (unpaired) electrons. The SMILES string of the molecule is CCCCCCCCCCCCSc1ccc(C(=O)c2ccc(OC)c(-c3ccc(Br)cc3)c2-c2ccc(SCCCCCCCC)cc2)cc1. The van der Waals surface area contributed by atoms with E-state index in [0.717, 1.165) is 44.0 Å². The molecule has 51 heavy (non-hydrogen) atoms. The highest BCUT2D eigenvalue weighted by molar-refractivity contribution is 9.10. The van der Waals surface area contributed by atoms with E-state index < -0.39 is 0 Å². The van der Waals surface area contributed by atoms with Crippen molar-refractivity contribution in [1.29, 1.82) is 0 Å². The summed E-state index contributed by atoms with van der Waals surface area (Å²) in [5, 5.41) is 0. The van der Waals surface area contributed by atoms with Crippen LogP contribution in [0.1, 0.15) is 133 Å². The van der Waals surface area contributed by atoms with Crippen LogP contribution in [0.3, 0.4) is 0 Å². The second-order valence-corrected chi connectivity index (χ2v) is 16.8. The molecule has 0 saturated heterocycles. The maximum atomic E-state index is 14.3. The van der Waals surface area contributed by atoms with Gasteiger partial charge < -0.3 is 4.74 Å². The van der Waals surface area contributed by atoms with Crippen LogP contribution in [0.2, 0.25) is 0 Å². The number of halogens is 1. The van der Waals surface area contributed by atoms with Crippen molar-refractivity contribution in [2.75, 3.05) is 18.6 Å². The highest BCUT2D eigenvalue weighted by Crippen LogP contribution is 2.43. The van der Waals surface area contributed by atoms with Gasteiger partial charge in [0.25, 0.3) is 0 Å². The number of unbranched alkanes of at least 4 members (excludes halogenated alkanes) is 14. The predicted molar refractivity (Wildman–Crippen MR) is 228 cm³/mol. The smallest absolute Gasteiger partial charge is 0.193 e. The summed E-state index contributed by atoms with van der Waals surface area (Å²) in [5.74, 6) is 3.03. The van der Waals surface area contributed by atoms with E-state index in [1.54, 1.807) is 7.11 Å². The second-order valence-electron chi connectivity index (χ2n) is 13.6. The maximum Gasteiger partial charge on any atom is 0.193 e. The molecule has 0 aliphatic heterocycles. The summed E-state index contributed by atoms with van der Waals surface area (Å²) in [6.45, 7) is 4.55. The average molecular weight is 788 g/mol. The van der Waals surface area contributed by atoms with Gasteiger partial charge in [0.1, 0.15) is 5.75 Å². The topological polar surface area (TPSA) is 26.3 Å². The molecule has 4 aromatic rings. The average Bonchev–Trinajstić information content (AvgIpc) is 3.16. The molecule has 2 nitrogen and oxygen atoms in total. The summed E-state index contributed by atoms with van der Waals surface area (Å²) in [6, 6.07) is 29.1. The minimum Gasteiger partial charge on any atom is -0.496 e. The van der Waals surface area contributed by atoms with Crippen LogP contribution >= 0.6 is 39.5 Å². The molecule has 0 unspecified atom stereocenters. The van der Waals surface area contributed by atoms with E-state index in [2.05, 4.69) is 78.3 Å². The van der Waals surface area contributed by atoms with Crippen molar-refractivity contribution in [1.82, 2.24) is 0 Å². The molecule has 0 spiro atoms. The summed E-state index contributed by atoms with van der Waals surface area (Å²) >= 11 is 7.41. The van der Waals surface area contributed by atoms with Crippen molar-refractivity contribution in [2.45, 2.75) is 126 Å². The molecule has 4 rings (SSSR count). The molecular formula is C46H59BrO2S2. The van der Waals surface area contributed by atoms with E-state index in [1.807, 2.05) is 59.9 Å². The van der Waals surface area contributed by atoms with Gasteiger partial charge in [-0.05, 0) is 96.1 Å². The Morgan fingerprint density at radius 1 is 0.529 bits per heavy atom. The summed E-state index contributed by atoms with van der Waals surface area (Å²) < 4.78 is 6.95. The fourth-order valence-corrected chi connectivity index (χ4v) is 8.66. The van der Waals surface area contributed by atoms with Gasteiger partial charge in [0.15, 0.2) is 5.78 Å². The molecule has 0 aromatic heterocycles. The quantitative estimate of drug-likeness (QED) is 0.0380. The molecule has 0 aliphatic rings. The van der Waals surface area contributed by atoms with Crippen LogP contribution in [-0.4, -0.2) is 24.4 Å². The predicted octanol–water partition coefficient (Wildman–Crippen LogP) is 15.5. The van der Waals surface area contributed by atoms with Gasteiger partial charge in [-0.1, -0.05) is 144 Å². The van der Waals surface area contributed by atoms with E-state index in [9.17, 15) is 4.79 Å². The largest absolute Gasteiger partial charge is 0.496 e. The molecule has 5 heteroatoms. The van der Waals surface area contributed by atoms with Crippen LogP contribution in [0.25, 0.3) is 22.3 Å². The van der Waals surface area contributed by atoms with Gasteiger partial charge in [0.05, 0.1) is 7.11 Å². The lowest BCUT2D eigenvalue weighted by atomic mass is 9.87. The zero-order chi connectivity index (χ0) is 36.1. The molecule has 274 valence electrons. The lowest BCUT2D eigenvalue weighted by molar-refractivity contribution is 0.103. The first-order valence-corrected chi connectivity index (χ1v) is 22.3. The number of ketones is 1. The minimum absolute atomic E-state index is 0.0267. The van der Waals surface area contributed by atoms with Crippen molar-refractivity contribution < 1.29 is 9.53 Å². The van der Waals surface area contributed by atoms with E-state index in [1.165, 1.54) is 113 Å². The normalized spacial score (nSPS) is 11.2. The first-order chi connectivity index (χ1) is 25.0. The molecule has 0 N–H and O–H groups in total. The summed E-state index contributed by atoms with van der Waals surface area (Å²) in [7, 11) is 1.71. The third kappa shape index (κ3) is 13.8. The van der Waals surface area contributed by atoms with E-state index >= 15 is 0 Å². The molecule has 0 aliphatic carbocycles. The number of hydrogen-bond donors (Lipinski definition) is 0. The number of methoxy groups -OCH3 is 1. The van der Waals surface area contributed by atoms with Gasteiger partial charge in [-0.25, -0.2) is 0 Å². The van der Waals surface area contributed by atoms with Crippen molar-refractivity contribution in [2.24, 2.45) is 0 Å². The van der Waals surface area contributed by atoms with Gasteiger partial charge in [-0.15, -0.1) is 23.5 Å². The molecule has 0 fully saturated rings. The van der Waals surface area contributed by atoms with Gasteiger partial charge in [0.2, 0.25) is 0 Å². The number of carbonyl (C=O) groups excluding carboxylic acids is 1. The number of thioether (sulfide) groups is 2. The molecule has 0 bridgehead atoms. The fraction of sp³-hybridized carbons (Fsp3) is 0.457. The Balaban J connectivity index is 1.46. The molecular weight excluding hydrogens is 729 g/mol. The third-order valence-electron chi connectivity index (χ3n) is 9.56. The molecule has 0 amide bonds. The van der Waals surface area contributed by atoms with Crippen molar-refractivity contribution in [3.8, 4) is 28.0 Å². The zero-order valence-electron chi connectivity index (χ0n) is 31.3. The number of rotatable bonds is 25. The number of benzene rings is 4. The highest BCUT2D eigenvalue weighted by atomic mass is 79.9. The standard InChI is InChI=1S/C46H59BrO2S2/c1-4-6-8-10-12-13-14-15-17-19-35-51-41-30-24-38(25-31-41)46(48)42-32-33-43(49-3)45(37-20-26-39(47)27-21-37)44(42)36-22-28-40(29-23-36)50-34-18-16-11-9-7-5-2/h20-33H,4-19,34-35H2,1-3H3. The Bertz CT molecular complexity index is 1570. The second kappa shape index (κ2) is 24.0. The summed E-state index contributed by atoms with van der Waals surface area (Å²) in [4.78, 5) is 16.8. The Morgan fingerprint density at radius 2 is 0.961 bits per heavy atom. The van der Waals surface area contributed by atoms with E-state index in [-0.39, 0.29) is 5.78 Å². The Labute approximate surface area is 326 Å². The summed E-state index contributed by atoms with van der Waals surface area (Å²) in [5.41, 5.74) is 5.27. The van der Waals surface area contributed by atoms with Crippen LogP contribution in [0.15, 0.2) is 99.2 Å². The van der Waals surface area contributed by atoms with Gasteiger partial charge in [-0.3, -0.25) is 4.79 Å². The molecule has 0 saturated carbocycles. The lowest BCUT2D eigenvalue weighted by Crippen LogP contribution is -2.06. The van der Waals surface area contributed by atoms with Crippen LogP contribution in [-0.2, 0) is 0 Å². The Kier molecular flexibility index (Phi) is 19.4. The monoisotopic (exact) mass is 786 g/mol. The fourth-order valence-electron chi connectivity index (χ4n) is 6.57. The van der Waals surface area contributed by atoms with E-state index in [4.69, 9.17) is 4.74 Å². The molecule has 0 atom stereocenters. The van der Waals surface area contributed by atoms with E-state index in [0.29, 0.717) is 11.1 Å². The van der Waals surface area contributed by atoms with Crippen LogP contribution < -0.4 is 4.74 Å². The minimum atomic E-state index is 0.0267. The number of ether oxygens (including phenoxy) is 1. The highest BCUT2D eigenvalue weighted by Gasteiger charge is 2.23. The molecule has 4 aromatic carbocycles. The van der Waals surface area contributed by atoms with Crippen molar-refractivity contribution in [3.63, 3.8) is 0 Å². The van der Waals surface area contributed by atoms with Gasteiger partial charge in [-0.2, -0.15) is 0 Å². The van der Waals surface area contributed by atoms with Gasteiger partial charge >= 0.3 is 0 Å². The maximum absolute atomic E-state index is 14.3. The van der Waals surface area contributed by atoms with Crippen molar-refractivity contribution in [3.05, 3.63) is 101 Å². The van der Waals surface area contributed by atoms with Crippen LogP contribution in [0.4, 0.5) is 0 Å². The zero-order valence-corrected chi connectivity index (χ0v) is 34.5. The third-order valence-corrected chi connectivity index (χ3v) is 12.3. The number of carbonyl (C=O) groups is 1. The van der Waals surface area contributed by atoms with Crippen LogP contribution in [0, 0.1) is 0 Å². The van der Waals surface area contributed by atoms with Crippen molar-refractivity contribution >= 4 is 45.2 Å².